The van der Waals surface area contributed by atoms with Gasteiger partial charge in [-0.2, -0.15) is 0 Å². The maximum Gasteiger partial charge on any atom is 0.166 e. The Hall–Kier alpha value is -2.22. The molecule has 0 amide bonds. The van der Waals surface area contributed by atoms with Crippen molar-refractivity contribution in [1.82, 2.24) is 0 Å². The number of aldehydes is 1. The molecule has 29 heavy (non-hydrogen) atoms. The van der Waals surface area contributed by atoms with E-state index >= 15 is 0 Å². The molecular weight excluding hydrogens is 356 g/mol. The van der Waals surface area contributed by atoms with E-state index in [1.54, 1.807) is 0 Å². The van der Waals surface area contributed by atoms with Gasteiger partial charge in [0.2, 0.25) is 0 Å². The number of hydrogen-bond acceptors (Lipinski definition) is 2. The molecule has 0 bridgehead atoms. The molecule has 0 aliphatic carbocycles. The molecule has 0 fully saturated rings. The predicted octanol–water partition coefficient (Wildman–Crippen LogP) is 6.47. The molecule has 0 N–H and O–H groups in total. The largest absolute Gasteiger partial charge is 0.303 e. The molecule has 0 aliphatic rings. The summed E-state index contributed by atoms with van der Waals surface area (Å²) in [6.07, 6.45) is 2.70. The summed E-state index contributed by atoms with van der Waals surface area (Å²) >= 11 is 0. The first-order valence-electron chi connectivity index (χ1n) is 10.6. The van der Waals surface area contributed by atoms with Gasteiger partial charge in [0.25, 0.3) is 0 Å². The normalized spacial score (nSPS) is 13.2. The Morgan fingerprint density at radius 1 is 0.897 bits per heavy atom. The van der Waals surface area contributed by atoms with E-state index in [1.165, 1.54) is 11.1 Å². The minimum absolute atomic E-state index is 0.0236. The summed E-state index contributed by atoms with van der Waals surface area (Å²) < 4.78 is 0. The van der Waals surface area contributed by atoms with Crippen molar-refractivity contribution in [2.24, 2.45) is 5.92 Å². The highest BCUT2D eigenvalue weighted by Crippen LogP contribution is 2.28. The maximum absolute atomic E-state index is 13.4. The lowest BCUT2D eigenvalue weighted by Crippen LogP contribution is -2.19. The number of Topliss-reactive ketones (excluding diaryl/α,β-unsaturated/α-hetero) is 1. The van der Waals surface area contributed by atoms with Crippen molar-refractivity contribution in [3.05, 3.63) is 70.3 Å². The molecule has 0 radical (unpaired) electrons. The van der Waals surface area contributed by atoms with E-state index in [-0.39, 0.29) is 22.5 Å². The van der Waals surface area contributed by atoms with Gasteiger partial charge in [-0.25, -0.2) is 0 Å². The number of hydrogen-bond donors (Lipinski definition) is 0. The average Bonchev–Trinajstić information content (AvgIpc) is 2.64. The summed E-state index contributed by atoms with van der Waals surface area (Å²) in [5, 5.41) is 0. The van der Waals surface area contributed by atoms with Crippen molar-refractivity contribution in [3.8, 4) is 0 Å². The van der Waals surface area contributed by atoms with E-state index in [0.29, 0.717) is 12.8 Å². The van der Waals surface area contributed by atoms with Gasteiger partial charge in [-0.15, -0.1) is 0 Å². The second-order valence-electron chi connectivity index (χ2n) is 10.2. The number of ketones is 1. The smallest absolute Gasteiger partial charge is 0.166 e. The fourth-order valence-electron chi connectivity index (χ4n) is 3.56. The maximum atomic E-state index is 13.4. The van der Waals surface area contributed by atoms with Gasteiger partial charge < -0.3 is 4.79 Å². The lowest BCUT2D eigenvalue weighted by atomic mass is 9.82. The summed E-state index contributed by atoms with van der Waals surface area (Å²) in [6, 6.07) is 14.8. The Morgan fingerprint density at radius 3 is 1.97 bits per heavy atom. The van der Waals surface area contributed by atoms with Crippen LogP contribution in [0.25, 0.3) is 0 Å². The quantitative estimate of drug-likeness (QED) is 0.399. The standard InChI is InChI=1S/C27H36O2/c1-19(17-20-10-13-22(14-11-20)26(2,3)4)25(29)24-18-23(27(5,6)7)15-12-21(24)9-8-16-28/h10-16,18-19H,8-9,17H2,1-7H3. The lowest BCUT2D eigenvalue weighted by molar-refractivity contribution is -0.107. The predicted molar refractivity (Wildman–Crippen MR) is 122 cm³/mol. The zero-order valence-electron chi connectivity index (χ0n) is 19.1. The topological polar surface area (TPSA) is 34.1 Å². The number of carbonyl (C=O) groups is 2. The molecule has 2 rings (SSSR count). The summed E-state index contributed by atoms with van der Waals surface area (Å²) in [5.74, 6) is 0.0533. The number of carbonyl (C=O) groups excluding carboxylic acids is 2. The average molecular weight is 393 g/mol. The molecule has 0 aromatic heterocycles. The van der Waals surface area contributed by atoms with Crippen LogP contribution < -0.4 is 0 Å². The van der Waals surface area contributed by atoms with E-state index in [1.807, 2.05) is 19.1 Å². The lowest BCUT2D eigenvalue weighted by Gasteiger charge is -2.22. The van der Waals surface area contributed by atoms with Crippen LogP contribution in [-0.2, 0) is 28.5 Å². The zero-order valence-corrected chi connectivity index (χ0v) is 19.1. The highest BCUT2D eigenvalue weighted by Gasteiger charge is 2.22. The van der Waals surface area contributed by atoms with Crippen LogP contribution in [0.3, 0.4) is 0 Å². The van der Waals surface area contributed by atoms with Crippen LogP contribution in [0.2, 0.25) is 0 Å². The molecule has 2 aromatic carbocycles. The molecule has 2 nitrogen and oxygen atoms in total. The third kappa shape index (κ3) is 6.13. The first kappa shape index (κ1) is 23.1. The van der Waals surface area contributed by atoms with Gasteiger partial charge in [0.05, 0.1) is 0 Å². The molecule has 1 unspecified atom stereocenters. The molecule has 2 aromatic rings. The Morgan fingerprint density at radius 2 is 1.45 bits per heavy atom. The van der Waals surface area contributed by atoms with Crippen LogP contribution in [-0.4, -0.2) is 12.1 Å². The molecule has 1 atom stereocenters. The van der Waals surface area contributed by atoms with Crippen LogP contribution in [0.5, 0.6) is 0 Å². The molecule has 0 saturated carbocycles. The van der Waals surface area contributed by atoms with Crippen LogP contribution in [0.15, 0.2) is 42.5 Å². The Labute approximate surface area is 176 Å². The first-order valence-corrected chi connectivity index (χ1v) is 10.6. The highest BCUT2D eigenvalue weighted by atomic mass is 16.1. The molecule has 2 heteroatoms. The van der Waals surface area contributed by atoms with Gasteiger partial charge in [0, 0.05) is 17.9 Å². The summed E-state index contributed by atoms with van der Waals surface area (Å²) in [5.41, 5.74) is 5.49. The van der Waals surface area contributed by atoms with Gasteiger partial charge in [-0.1, -0.05) is 84.9 Å². The van der Waals surface area contributed by atoms with E-state index in [2.05, 4.69) is 71.9 Å². The molecule has 0 saturated heterocycles. The minimum atomic E-state index is -0.110. The summed E-state index contributed by atoms with van der Waals surface area (Å²) in [6.45, 7) is 15.1. The van der Waals surface area contributed by atoms with Crippen molar-refractivity contribution in [2.75, 3.05) is 0 Å². The van der Waals surface area contributed by atoms with Gasteiger partial charge in [-0.05, 0) is 52.0 Å². The second-order valence-corrected chi connectivity index (χ2v) is 10.2. The van der Waals surface area contributed by atoms with Gasteiger partial charge in [0.15, 0.2) is 5.78 Å². The number of aryl methyl sites for hydroxylation is 1. The minimum Gasteiger partial charge on any atom is -0.303 e. The monoisotopic (exact) mass is 392 g/mol. The first-order chi connectivity index (χ1) is 13.4. The number of rotatable bonds is 7. The van der Waals surface area contributed by atoms with Gasteiger partial charge in [-0.3, -0.25) is 4.79 Å². The molecular formula is C27H36O2. The molecule has 156 valence electrons. The second kappa shape index (κ2) is 9.07. The van der Waals surface area contributed by atoms with Crippen molar-refractivity contribution in [3.63, 3.8) is 0 Å². The molecule has 0 spiro atoms. The highest BCUT2D eigenvalue weighted by molar-refractivity contribution is 5.99. The van der Waals surface area contributed by atoms with Crippen LogP contribution in [0.1, 0.15) is 87.5 Å². The summed E-state index contributed by atoms with van der Waals surface area (Å²) in [4.78, 5) is 24.2. The van der Waals surface area contributed by atoms with E-state index < -0.39 is 0 Å². The Balaban J connectivity index is 2.27. The molecule has 0 aliphatic heterocycles. The van der Waals surface area contributed by atoms with Crippen molar-refractivity contribution < 1.29 is 9.59 Å². The van der Waals surface area contributed by atoms with Crippen LogP contribution in [0.4, 0.5) is 0 Å². The molecule has 0 heterocycles. The van der Waals surface area contributed by atoms with E-state index in [4.69, 9.17) is 0 Å². The van der Waals surface area contributed by atoms with Crippen molar-refractivity contribution in [1.29, 1.82) is 0 Å². The fraction of sp³-hybridized carbons (Fsp3) is 0.481. The Bertz CT molecular complexity index is 846. The van der Waals surface area contributed by atoms with Gasteiger partial charge in [0.1, 0.15) is 6.29 Å². The fourth-order valence-corrected chi connectivity index (χ4v) is 3.56. The Kier molecular flexibility index (Phi) is 7.21. The summed E-state index contributed by atoms with van der Waals surface area (Å²) in [7, 11) is 0. The van der Waals surface area contributed by atoms with Crippen LogP contribution >= 0.6 is 0 Å². The third-order valence-electron chi connectivity index (χ3n) is 5.58. The zero-order chi connectivity index (χ0) is 21.8. The van der Waals surface area contributed by atoms with Crippen molar-refractivity contribution >= 4 is 12.1 Å². The SMILES string of the molecule is CC(Cc1ccc(C(C)(C)C)cc1)C(=O)c1cc(C(C)(C)C)ccc1CCC=O. The van der Waals surface area contributed by atoms with Crippen molar-refractivity contribution in [2.45, 2.75) is 78.6 Å². The van der Waals surface area contributed by atoms with E-state index in [0.717, 1.165) is 29.4 Å². The number of benzene rings is 2. The third-order valence-corrected chi connectivity index (χ3v) is 5.58. The van der Waals surface area contributed by atoms with E-state index in [9.17, 15) is 9.59 Å². The van der Waals surface area contributed by atoms with Gasteiger partial charge >= 0.3 is 0 Å². The van der Waals surface area contributed by atoms with Crippen LogP contribution in [0, 0.1) is 5.92 Å².